The first-order valence-electron chi connectivity index (χ1n) is 8.54. The van der Waals surface area contributed by atoms with Gasteiger partial charge in [0.2, 0.25) is 10.0 Å². The molecule has 140 valence electrons. The fourth-order valence-electron chi connectivity index (χ4n) is 3.01. The van der Waals surface area contributed by atoms with Crippen molar-refractivity contribution in [3.05, 3.63) is 42.4 Å². The van der Waals surface area contributed by atoms with Crippen molar-refractivity contribution in [3.8, 4) is 0 Å². The number of sulfonamides is 1. The van der Waals surface area contributed by atoms with E-state index in [1.807, 2.05) is 19.0 Å². The number of amides is 1. The highest BCUT2D eigenvalue weighted by atomic mass is 32.2. The van der Waals surface area contributed by atoms with Crippen molar-refractivity contribution in [2.45, 2.75) is 24.2 Å². The van der Waals surface area contributed by atoms with Crippen molar-refractivity contribution in [2.75, 3.05) is 37.4 Å². The molecular formula is C18H23N3O4S. The zero-order valence-corrected chi connectivity index (χ0v) is 15.8. The molecule has 0 radical (unpaired) electrons. The van der Waals surface area contributed by atoms with Crippen molar-refractivity contribution in [1.29, 1.82) is 0 Å². The number of hydrogen-bond acceptors (Lipinski definition) is 5. The van der Waals surface area contributed by atoms with E-state index >= 15 is 0 Å². The van der Waals surface area contributed by atoms with Gasteiger partial charge in [-0.2, -0.15) is 4.31 Å². The predicted molar refractivity (Wildman–Crippen MR) is 100 cm³/mol. The molecule has 1 aliphatic heterocycles. The number of nitrogens with one attached hydrogen (secondary N) is 1. The molecule has 1 saturated heterocycles. The molecule has 1 fully saturated rings. The summed E-state index contributed by atoms with van der Waals surface area (Å²) in [7, 11) is 0.0983. The number of piperidine rings is 1. The molecule has 7 nitrogen and oxygen atoms in total. The van der Waals surface area contributed by atoms with E-state index in [-0.39, 0.29) is 10.8 Å². The Morgan fingerprint density at radius 3 is 2.50 bits per heavy atom. The van der Waals surface area contributed by atoms with Gasteiger partial charge in [0, 0.05) is 27.2 Å². The highest BCUT2D eigenvalue weighted by Gasteiger charge is 2.27. The first kappa shape index (κ1) is 18.5. The van der Waals surface area contributed by atoms with Gasteiger partial charge in [0.05, 0.1) is 28.1 Å². The van der Waals surface area contributed by atoms with Gasteiger partial charge in [-0.15, -0.1) is 0 Å². The molecule has 0 unspecified atom stereocenters. The Kier molecular flexibility index (Phi) is 5.33. The van der Waals surface area contributed by atoms with Crippen LogP contribution in [0.2, 0.25) is 0 Å². The molecule has 1 aromatic heterocycles. The lowest BCUT2D eigenvalue weighted by atomic mass is 10.2. The Balaban J connectivity index is 1.94. The summed E-state index contributed by atoms with van der Waals surface area (Å²) in [4.78, 5) is 14.4. The Bertz CT molecular complexity index is 870. The van der Waals surface area contributed by atoms with Crippen LogP contribution in [0.25, 0.3) is 0 Å². The third kappa shape index (κ3) is 3.76. The van der Waals surface area contributed by atoms with Crippen molar-refractivity contribution >= 4 is 27.3 Å². The van der Waals surface area contributed by atoms with Crippen LogP contribution in [0.15, 0.2) is 46.1 Å². The Morgan fingerprint density at radius 2 is 1.88 bits per heavy atom. The number of benzene rings is 1. The molecule has 2 heterocycles. The summed E-state index contributed by atoms with van der Waals surface area (Å²) in [6, 6.07) is 6.38. The Morgan fingerprint density at radius 1 is 1.15 bits per heavy atom. The average molecular weight is 377 g/mol. The third-order valence-corrected chi connectivity index (χ3v) is 6.33. The summed E-state index contributed by atoms with van der Waals surface area (Å²) in [5.41, 5.74) is 1.54. The van der Waals surface area contributed by atoms with E-state index in [4.69, 9.17) is 4.42 Å². The van der Waals surface area contributed by atoms with Crippen molar-refractivity contribution in [3.63, 3.8) is 0 Å². The zero-order valence-electron chi connectivity index (χ0n) is 14.9. The van der Waals surface area contributed by atoms with E-state index in [9.17, 15) is 13.2 Å². The van der Waals surface area contributed by atoms with Crippen molar-refractivity contribution < 1.29 is 17.6 Å². The van der Waals surface area contributed by atoms with Gasteiger partial charge in [0.15, 0.2) is 0 Å². The third-order valence-electron chi connectivity index (χ3n) is 4.43. The van der Waals surface area contributed by atoms with Crippen molar-refractivity contribution in [2.24, 2.45) is 0 Å². The van der Waals surface area contributed by atoms with Crippen LogP contribution in [0.4, 0.5) is 11.4 Å². The number of furan rings is 1. The molecule has 0 saturated carbocycles. The largest absolute Gasteiger partial charge is 0.472 e. The minimum Gasteiger partial charge on any atom is -0.472 e. The van der Waals surface area contributed by atoms with Crippen LogP contribution in [0, 0.1) is 0 Å². The summed E-state index contributed by atoms with van der Waals surface area (Å²) >= 11 is 0. The van der Waals surface area contributed by atoms with Gasteiger partial charge in [-0.05, 0) is 37.1 Å². The number of hydrogen-bond donors (Lipinski definition) is 1. The van der Waals surface area contributed by atoms with Gasteiger partial charge in [-0.3, -0.25) is 4.79 Å². The van der Waals surface area contributed by atoms with E-state index in [1.165, 1.54) is 22.9 Å². The fraction of sp³-hybridized carbons (Fsp3) is 0.389. The van der Waals surface area contributed by atoms with E-state index < -0.39 is 10.0 Å². The summed E-state index contributed by atoms with van der Waals surface area (Å²) in [6.45, 7) is 1.07. The Hall–Kier alpha value is -2.32. The van der Waals surface area contributed by atoms with Crippen LogP contribution in [0.1, 0.15) is 29.6 Å². The molecule has 1 N–H and O–H groups in total. The van der Waals surface area contributed by atoms with Gasteiger partial charge in [0.1, 0.15) is 6.26 Å². The molecule has 8 heteroatoms. The smallest absolute Gasteiger partial charge is 0.258 e. The maximum atomic E-state index is 12.9. The molecule has 0 atom stereocenters. The molecule has 1 aromatic carbocycles. The summed E-state index contributed by atoms with van der Waals surface area (Å²) in [5.74, 6) is -0.352. The fourth-order valence-corrected chi connectivity index (χ4v) is 4.55. The number of nitrogens with zero attached hydrogens (tertiary/aromatic N) is 2. The van der Waals surface area contributed by atoms with E-state index in [0.717, 1.165) is 24.9 Å². The second kappa shape index (κ2) is 7.51. The SMILES string of the molecule is CN(C)c1ccc(S(=O)(=O)N2CCCCC2)cc1NC(=O)c1ccoc1. The minimum absolute atomic E-state index is 0.187. The number of carbonyl (C=O) groups excluding carboxylic acids is 1. The molecule has 1 amide bonds. The second-order valence-corrected chi connectivity index (χ2v) is 8.44. The maximum Gasteiger partial charge on any atom is 0.258 e. The van der Waals surface area contributed by atoms with Crippen LogP contribution in [0.3, 0.4) is 0 Å². The maximum absolute atomic E-state index is 12.9. The standard InChI is InChI=1S/C18H23N3O4S/c1-20(2)17-7-6-15(26(23,24)21-9-4-3-5-10-21)12-16(17)19-18(22)14-8-11-25-13-14/h6-8,11-13H,3-5,9-10H2,1-2H3,(H,19,22). The Labute approximate surface area is 153 Å². The van der Waals surface area contributed by atoms with Crippen LogP contribution in [-0.4, -0.2) is 45.8 Å². The first-order valence-corrected chi connectivity index (χ1v) is 9.98. The lowest BCUT2D eigenvalue weighted by Gasteiger charge is -2.26. The van der Waals surface area contributed by atoms with Gasteiger partial charge in [-0.1, -0.05) is 6.42 Å². The van der Waals surface area contributed by atoms with Crippen LogP contribution < -0.4 is 10.2 Å². The lowest BCUT2D eigenvalue weighted by molar-refractivity contribution is 0.102. The van der Waals surface area contributed by atoms with Crippen molar-refractivity contribution in [1.82, 2.24) is 4.31 Å². The first-order chi connectivity index (χ1) is 12.4. The number of anilines is 2. The summed E-state index contributed by atoms with van der Waals surface area (Å²) in [5, 5.41) is 2.79. The number of rotatable bonds is 5. The van der Waals surface area contributed by atoms with Crippen LogP contribution in [-0.2, 0) is 10.0 Å². The molecule has 26 heavy (non-hydrogen) atoms. The summed E-state index contributed by atoms with van der Waals surface area (Å²) < 4.78 is 32.3. The quantitative estimate of drug-likeness (QED) is 0.866. The van der Waals surface area contributed by atoms with Gasteiger partial charge < -0.3 is 14.6 Å². The van der Waals surface area contributed by atoms with E-state index in [0.29, 0.717) is 24.3 Å². The van der Waals surface area contributed by atoms with Crippen LogP contribution >= 0.6 is 0 Å². The minimum atomic E-state index is -3.57. The topological polar surface area (TPSA) is 82.9 Å². The van der Waals surface area contributed by atoms with E-state index in [1.54, 1.807) is 18.2 Å². The lowest BCUT2D eigenvalue weighted by Crippen LogP contribution is -2.35. The number of carbonyl (C=O) groups is 1. The van der Waals surface area contributed by atoms with Gasteiger partial charge >= 0.3 is 0 Å². The normalized spacial score (nSPS) is 15.6. The predicted octanol–water partition coefficient (Wildman–Crippen LogP) is 2.77. The van der Waals surface area contributed by atoms with Gasteiger partial charge in [-0.25, -0.2) is 8.42 Å². The monoisotopic (exact) mass is 377 g/mol. The molecular weight excluding hydrogens is 354 g/mol. The highest BCUT2D eigenvalue weighted by Crippen LogP contribution is 2.30. The molecule has 3 rings (SSSR count). The van der Waals surface area contributed by atoms with Gasteiger partial charge in [0.25, 0.3) is 5.91 Å². The summed E-state index contributed by atoms with van der Waals surface area (Å²) in [6.07, 6.45) is 5.56. The second-order valence-electron chi connectivity index (χ2n) is 6.50. The average Bonchev–Trinajstić information content (AvgIpc) is 3.17. The van der Waals surface area contributed by atoms with E-state index in [2.05, 4.69) is 5.32 Å². The van der Waals surface area contributed by atoms with Crippen LogP contribution in [0.5, 0.6) is 0 Å². The highest BCUT2D eigenvalue weighted by molar-refractivity contribution is 7.89. The zero-order chi connectivity index (χ0) is 18.7. The molecule has 0 bridgehead atoms. The molecule has 0 aliphatic carbocycles. The molecule has 2 aromatic rings. The molecule has 0 spiro atoms. The molecule has 1 aliphatic rings.